The van der Waals surface area contributed by atoms with E-state index in [4.69, 9.17) is 44.6 Å². The summed E-state index contributed by atoms with van der Waals surface area (Å²) in [5.41, 5.74) is 0.480. The Hall–Kier alpha value is -3.40. The molecule has 164 valence electrons. The smallest absolute Gasteiger partial charge is 0.296 e. The number of hydrogen-bond donors (Lipinski definition) is 2. The molecule has 3 rings (SSSR count). The number of nitrogens with one attached hydrogen (secondary N) is 2. The van der Waals surface area contributed by atoms with Crippen LogP contribution in [-0.4, -0.2) is 23.1 Å². The van der Waals surface area contributed by atoms with E-state index in [2.05, 4.69) is 10.6 Å². The summed E-state index contributed by atoms with van der Waals surface area (Å²) in [6, 6.07) is 12.7. The molecule has 2 N–H and O–H groups in total. The Morgan fingerprint density at radius 2 is 2.00 bits per heavy atom. The third kappa shape index (κ3) is 5.64. The van der Waals surface area contributed by atoms with Crippen LogP contribution in [0.15, 0.2) is 59.0 Å². The maximum absolute atomic E-state index is 12.2. The molecule has 8 nitrogen and oxygen atoms in total. The number of carbonyl (C=O) groups excluding carboxylic acids is 1. The van der Waals surface area contributed by atoms with Crippen molar-refractivity contribution in [2.45, 2.75) is 0 Å². The number of benzene rings is 2. The maximum Gasteiger partial charge on any atom is 0.296 e. The van der Waals surface area contributed by atoms with Crippen molar-refractivity contribution in [3.8, 4) is 17.1 Å². The first-order valence-electron chi connectivity index (χ1n) is 8.95. The first kappa shape index (κ1) is 23.3. The highest BCUT2D eigenvalue weighted by molar-refractivity contribution is 7.80. The van der Waals surface area contributed by atoms with Crippen LogP contribution in [0.25, 0.3) is 17.4 Å². The van der Waals surface area contributed by atoms with Gasteiger partial charge in [0.15, 0.2) is 5.11 Å². The summed E-state index contributed by atoms with van der Waals surface area (Å²) in [5, 5.41) is 16.9. The predicted octanol–water partition coefficient (Wildman–Crippen LogP) is 5.70. The van der Waals surface area contributed by atoms with E-state index in [0.717, 1.165) is 0 Å². The van der Waals surface area contributed by atoms with Gasteiger partial charge in [-0.3, -0.25) is 20.2 Å². The van der Waals surface area contributed by atoms with Crippen molar-refractivity contribution in [2.24, 2.45) is 0 Å². The lowest BCUT2D eigenvalue weighted by Crippen LogP contribution is -2.33. The number of rotatable bonds is 6. The predicted molar refractivity (Wildman–Crippen MR) is 127 cm³/mol. The van der Waals surface area contributed by atoms with Crippen LogP contribution in [0.2, 0.25) is 10.0 Å². The number of thiocarbonyl (C=S) groups is 1. The molecule has 0 aliphatic rings. The van der Waals surface area contributed by atoms with Crippen molar-refractivity contribution < 1.29 is 18.9 Å². The lowest BCUT2D eigenvalue weighted by atomic mass is 10.2. The average Bonchev–Trinajstić information content (AvgIpc) is 3.23. The van der Waals surface area contributed by atoms with E-state index in [9.17, 15) is 14.9 Å². The molecule has 1 heterocycles. The summed E-state index contributed by atoms with van der Waals surface area (Å²) in [5.74, 6) is 0.645. The van der Waals surface area contributed by atoms with E-state index in [-0.39, 0.29) is 16.5 Å². The minimum absolute atomic E-state index is 0.110. The van der Waals surface area contributed by atoms with Crippen LogP contribution in [0.4, 0.5) is 11.4 Å². The molecule has 0 saturated heterocycles. The Bertz CT molecular complexity index is 1230. The molecule has 2 aromatic carbocycles. The fourth-order valence-electron chi connectivity index (χ4n) is 2.64. The molecule has 0 saturated carbocycles. The number of nitro groups is 1. The monoisotopic (exact) mass is 491 g/mol. The van der Waals surface area contributed by atoms with Gasteiger partial charge >= 0.3 is 0 Å². The Labute approximate surface area is 197 Å². The minimum atomic E-state index is -0.587. The molecule has 0 spiro atoms. The zero-order valence-corrected chi connectivity index (χ0v) is 18.8. The van der Waals surface area contributed by atoms with Crippen molar-refractivity contribution >= 4 is 63.9 Å². The zero-order chi connectivity index (χ0) is 23.3. The van der Waals surface area contributed by atoms with Crippen LogP contribution in [0.5, 0.6) is 5.75 Å². The van der Waals surface area contributed by atoms with E-state index >= 15 is 0 Å². The molecule has 1 aromatic heterocycles. The van der Waals surface area contributed by atoms with Crippen LogP contribution < -0.4 is 15.4 Å². The number of furan rings is 1. The van der Waals surface area contributed by atoms with Crippen molar-refractivity contribution in [2.75, 3.05) is 12.4 Å². The minimum Gasteiger partial charge on any atom is -0.496 e. The number of ether oxygens (including phenoxy) is 1. The second-order valence-electron chi connectivity index (χ2n) is 6.22. The van der Waals surface area contributed by atoms with Gasteiger partial charge in [0.2, 0.25) is 5.91 Å². The first-order chi connectivity index (χ1) is 15.3. The first-order valence-corrected chi connectivity index (χ1v) is 10.1. The summed E-state index contributed by atoms with van der Waals surface area (Å²) in [4.78, 5) is 22.8. The topological polar surface area (TPSA) is 107 Å². The molecule has 0 radical (unpaired) electrons. The maximum atomic E-state index is 12.2. The quantitative estimate of drug-likeness (QED) is 0.197. The molecule has 32 heavy (non-hydrogen) atoms. The SMILES string of the molecule is COc1ccc(NC(=S)NC(=O)C=Cc2ccc(-c3cccc(Cl)c3Cl)o2)c([N+](=O)[O-])c1. The molecule has 11 heteroatoms. The number of amides is 1. The second kappa shape index (κ2) is 10.3. The Balaban J connectivity index is 1.64. The molecule has 0 aliphatic carbocycles. The third-order valence-electron chi connectivity index (χ3n) is 4.13. The van der Waals surface area contributed by atoms with Crippen LogP contribution in [0, 0.1) is 10.1 Å². The molecule has 0 unspecified atom stereocenters. The zero-order valence-electron chi connectivity index (χ0n) is 16.4. The lowest BCUT2D eigenvalue weighted by Gasteiger charge is -2.09. The van der Waals surface area contributed by atoms with Crippen LogP contribution in [0.3, 0.4) is 0 Å². The highest BCUT2D eigenvalue weighted by Crippen LogP contribution is 2.34. The van der Waals surface area contributed by atoms with Gasteiger partial charge in [-0.25, -0.2) is 0 Å². The number of nitro benzene ring substituents is 1. The fraction of sp³-hybridized carbons (Fsp3) is 0.0476. The van der Waals surface area contributed by atoms with Gasteiger partial charge in [-0.2, -0.15) is 0 Å². The van der Waals surface area contributed by atoms with E-state index in [0.29, 0.717) is 32.9 Å². The van der Waals surface area contributed by atoms with Gasteiger partial charge in [-0.1, -0.05) is 29.3 Å². The van der Waals surface area contributed by atoms with Crippen LogP contribution in [-0.2, 0) is 4.79 Å². The van der Waals surface area contributed by atoms with Crippen LogP contribution >= 0.6 is 35.4 Å². The van der Waals surface area contributed by atoms with E-state index in [1.165, 1.54) is 37.5 Å². The van der Waals surface area contributed by atoms with E-state index < -0.39 is 10.8 Å². The Morgan fingerprint density at radius 1 is 1.22 bits per heavy atom. The van der Waals surface area contributed by atoms with Gasteiger partial charge < -0.3 is 14.5 Å². The second-order valence-corrected chi connectivity index (χ2v) is 7.41. The lowest BCUT2D eigenvalue weighted by molar-refractivity contribution is -0.384. The highest BCUT2D eigenvalue weighted by Gasteiger charge is 2.16. The van der Waals surface area contributed by atoms with E-state index in [1.807, 2.05) is 0 Å². The highest BCUT2D eigenvalue weighted by atomic mass is 35.5. The molecule has 1 amide bonds. The summed E-state index contributed by atoms with van der Waals surface area (Å²) in [7, 11) is 1.40. The Kier molecular flexibility index (Phi) is 7.47. The molecule has 0 fully saturated rings. The van der Waals surface area contributed by atoms with Gasteiger partial charge in [0, 0.05) is 11.6 Å². The fourth-order valence-corrected chi connectivity index (χ4v) is 3.25. The third-order valence-corrected chi connectivity index (χ3v) is 5.15. The molecule has 0 atom stereocenters. The van der Waals surface area contributed by atoms with Crippen molar-refractivity contribution in [3.63, 3.8) is 0 Å². The standard InChI is InChI=1S/C21H15Cl2N3O5S/c1-30-13-5-8-16(17(11-13)26(28)29)24-21(32)25-19(27)10-7-12-6-9-18(31-12)14-3-2-4-15(22)20(14)23/h2-11H,1H3,(H2,24,25,27,32). The summed E-state index contributed by atoms with van der Waals surface area (Å²) in [6.07, 6.45) is 2.65. The number of hydrogen-bond acceptors (Lipinski definition) is 6. The average molecular weight is 492 g/mol. The largest absolute Gasteiger partial charge is 0.496 e. The number of halogens is 2. The van der Waals surface area contributed by atoms with Crippen molar-refractivity contribution in [3.05, 3.63) is 80.5 Å². The van der Waals surface area contributed by atoms with Gasteiger partial charge in [0.1, 0.15) is 23.0 Å². The van der Waals surface area contributed by atoms with Gasteiger partial charge in [-0.05, 0) is 54.7 Å². The van der Waals surface area contributed by atoms with Crippen molar-refractivity contribution in [1.82, 2.24) is 5.32 Å². The van der Waals surface area contributed by atoms with Gasteiger partial charge in [-0.15, -0.1) is 0 Å². The molecule has 3 aromatic rings. The van der Waals surface area contributed by atoms with Crippen LogP contribution in [0.1, 0.15) is 5.76 Å². The van der Waals surface area contributed by atoms with Gasteiger partial charge in [0.05, 0.1) is 28.1 Å². The summed E-state index contributed by atoms with van der Waals surface area (Å²) in [6.45, 7) is 0. The molecule has 0 bridgehead atoms. The van der Waals surface area contributed by atoms with Gasteiger partial charge in [0.25, 0.3) is 5.69 Å². The molecular formula is C21H15Cl2N3O5S. The summed E-state index contributed by atoms with van der Waals surface area (Å²) < 4.78 is 10.7. The Morgan fingerprint density at radius 3 is 2.72 bits per heavy atom. The normalized spacial score (nSPS) is 10.7. The molecule has 0 aliphatic heterocycles. The summed E-state index contributed by atoms with van der Waals surface area (Å²) >= 11 is 17.3. The number of carbonyl (C=O) groups is 1. The number of anilines is 1. The number of methoxy groups -OCH3 is 1. The molecular weight excluding hydrogens is 477 g/mol. The number of nitrogens with zero attached hydrogens (tertiary/aromatic N) is 1. The van der Waals surface area contributed by atoms with Crippen molar-refractivity contribution in [1.29, 1.82) is 0 Å². The van der Waals surface area contributed by atoms with E-state index in [1.54, 1.807) is 30.3 Å².